The van der Waals surface area contributed by atoms with Crippen LogP contribution in [0.15, 0.2) is 12.1 Å². The molecule has 0 bridgehead atoms. The number of hydrogen-bond acceptors (Lipinski definition) is 4. The smallest absolute Gasteiger partial charge is 0.255 e. The Balaban J connectivity index is 3.28. The maximum absolute atomic E-state index is 11.9. The van der Waals surface area contributed by atoms with E-state index in [1.54, 1.807) is 12.1 Å². The van der Waals surface area contributed by atoms with Gasteiger partial charge in [0.1, 0.15) is 5.75 Å². The van der Waals surface area contributed by atoms with Crippen LogP contribution in [0.3, 0.4) is 0 Å². The molecule has 17 heavy (non-hydrogen) atoms. The average molecular weight is 239 g/mol. The van der Waals surface area contributed by atoms with Crippen molar-refractivity contribution < 1.29 is 19.0 Å². The van der Waals surface area contributed by atoms with Crippen molar-refractivity contribution in [1.29, 1.82) is 0 Å². The number of hydrogen-bond donors (Lipinski definition) is 1. The van der Waals surface area contributed by atoms with Crippen molar-refractivity contribution in [2.24, 2.45) is 0 Å². The predicted molar refractivity (Wildman–Crippen MR) is 64.1 cm³/mol. The van der Waals surface area contributed by atoms with Crippen LogP contribution in [0.1, 0.15) is 17.3 Å². The van der Waals surface area contributed by atoms with E-state index >= 15 is 0 Å². The molecule has 0 aliphatic carbocycles. The SMILES string of the molecule is CCNC(=O)c1cc(OC)cc(OC)c1OC. The Bertz CT molecular complexity index is 404. The van der Waals surface area contributed by atoms with Crippen molar-refractivity contribution in [3.63, 3.8) is 0 Å². The molecule has 0 aromatic heterocycles. The lowest BCUT2D eigenvalue weighted by Gasteiger charge is -2.14. The van der Waals surface area contributed by atoms with E-state index in [0.29, 0.717) is 29.4 Å². The molecule has 94 valence electrons. The van der Waals surface area contributed by atoms with Crippen LogP contribution in [0.25, 0.3) is 0 Å². The van der Waals surface area contributed by atoms with Crippen LogP contribution in [0, 0.1) is 0 Å². The third kappa shape index (κ3) is 2.81. The summed E-state index contributed by atoms with van der Waals surface area (Å²) in [4.78, 5) is 11.9. The van der Waals surface area contributed by atoms with Gasteiger partial charge in [0.15, 0.2) is 11.5 Å². The van der Waals surface area contributed by atoms with Gasteiger partial charge in [-0.2, -0.15) is 0 Å². The number of benzene rings is 1. The lowest BCUT2D eigenvalue weighted by atomic mass is 10.1. The fraction of sp³-hybridized carbons (Fsp3) is 0.417. The molecule has 0 atom stereocenters. The van der Waals surface area contributed by atoms with Gasteiger partial charge in [-0.1, -0.05) is 0 Å². The monoisotopic (exact) mass is 239 g/mol. The van der Waals surface area contributed by atoms with Crippen LogP contribution in [0.2, 0.25) is 0 Å². The maximum atomic E-state index is 11.9. The average Bonchev–Trinajstić information content (AvgIpc) is 2.37. The van der Waals surface area contributed by atoms with E-state index in [-0.39, 0.29) is 5.91 Å². The van der Waals surface area contributed by atoms with E-state index in [0.717, 1.165) is 0 Å². The topological polar surface area (TPSA) is 56.8 Å². The Labute approximate surface area is 101 Å². The second-order valence-electron chi connectivity index (χ2n) is 3.27. The molecule has 5 nitrogen and oxygen atoms in total. The van der Waals surface area contributed by atoms with Gasteiger partial charge < -0.3 is 19.5 Å². The fourth-order valence-corrected chi connectivity index (χ4v) is 1.48. The van der Waals surface area contributed by atoms with E-state index < -0.39 is 0 Å². The van der Waals surface area contributed by atoms with Crippen LogP contribution in [0.4, 0.5) is 0 Å². The number of nitrogens with one attached hydrogen (secondary N) is 1. The third-order valence-corrected chi connectivity index (χ3v) is 2.27. The molecule has 1 N–H and O–H groups in total. The van der Waals surface area contributed by atoms with Crippen molar-refractivity contribution in [1.82, 2.24) is 5.32 Å². The van der Waals surface area contributed by atoms with Crippen LogP contribution in [-0.2, 0) is 0 Å². The first-order chi connectivity index (χ1) is 8.17. The molecule has 1 aromatic rings. The minimum Gasteiger partial charge on any atom is -0.497 e. The minimum absolute atomic E-state index is 0.221. The van der Waals surface area contributed by atoms with Gasteiger partial charge in [-0.15, -0.1) is 0 Å². The molecule has 0 aliphatic heterocycles. The Morgan fingerprint density at radius 1 is 1.18 bits per heavy atom. The van der Waals surface area contributed by atoms with Gasteiger partial charge in [0.05, 0.1) is 26.9 Å². The van der Waals surface area contributed by atoms with Crippen molar-refractivity contribution in [3.05, 3.63) is 17.7 Å². The van der Waals surface area contributed by atoms with E-state index in [2.05, 4.69) is 5.32 Å². The largest absolute Gasteiger partial charge is 0.497 e. The van der Waals surface area contributed by atoms with Gasteiger partial charge in [0.2, 0.25) is 0 Å². The molecular formula is C12H17NO4. The highest BCUT2D eigenvalue weighted by Gasteiger charge is 2.18. The van der Waals surface area contributed by atoms with Gasteiger partial charge in [0.25, 0.3) is 5.91 Å². The molecule has 0 saturated carbocycles. The van der Waals surface area contributed by atoms with Crippen molar-refractivity contribution >= 4 is 5.91 Å². The van der Waals surface area contributed by atoms with Gasteiger partial charge in [0, 0.05) is 12.6 Å². The number of amides is 1. The van der Waals surface area contributed by atoms with Crippen LogP contribution < -0.4 is 19.5 Å². The first kappa shape index (κ1) is 13.2. The number of methoxy groups -OCH3 is 3. The van der Waals surface area contributed by atoms with Crippen LogP contribution >= 0.6 is 0 Å². The summed E-state index contributed by atoms with van der Waals surface area (Å²) in [5.41, 5.74) is 0.394. The van der Waals surface area contributed by atoms with Crippen molar-refractivity contribution in [2.45, 2.75) is 6.92 Å². The summed E-state index contributed by atoms with van der Waals surface area (Å²) in [5.74, 6) is 1.19. The number of carbonyl (C=O) groups is 1. The summed E-state index contributed by atoms with van der Waals surface area (Å²) in [6, 6.07) is 3.29. The number of carbonyl (C=O) groups excluding carboxylic acids is 1. The summed E-state index contributed by atoms with van der Waals surface area (Å²) in [5, 5.41) is 2.71. The quantitative estimate of drug-likeness (QED) is 0.845. The standard InChI is InChI=1S/C12H17NO4/c1-5-13-12(14)9-6-8(15-2)7-10(16-3)11(9)17-4/h6-7H,5H2,1-4H3,(H,13,14). The predicted octanol–water partition coefficient (Wildman–Crippen LogP) is 1.46. The lowest BCUT2D eigenvalue weighted by molar-refractivity contribution is 0.0951. The molecule has 0 saturated heterocycles. The summed E-state index contributed by atoms with van der Waals surface area (Å²) in [6.07, 6.45) is 0. The van der Waals surface area contributed by atoms with Gasteiger partial charge in [-0.25, -0.2) is 0 Å². The lowest BCUT2D eigenvalue weighted by Crippen LogP contribution is -2.23. The maximum Gasteiger partial charge on any atom is 0.255 e. The van der Waals surface area contributed by atoms with Crippen LogP contribution in [-0.4, -0.2) is 33.8 Å². The van der Waals surface area contributed by atoms with Crippen LogP contribution in [0.5, 0.6) is 17.2 Å². The van der Waals surface area contributed by atoms with Gasteiger partial charge in [-0.3, -0.25) is 4.79 Å². The normalized spacial score (nSPS) is 9.65. The third-order valence-electron chi connectivity index (χ3n) is 2.27. The first-order valence-corrected chi connectivity index (χ1v) is 5.26. The number of rotatable bonds is 5. The van der Waals surface area contributed by atoms with E-state index in [9.17, 15) is 4.79 Å². The molecule has 0 unspecified atom stereocenters. The molecule has 5 heteroatoms. The summed E-state index contributed by atoms with van der Waals surface area (Å²) < 4.78 is 15.5. The first-order valence-electron chi connectivity index (χ1n) is 5.26. The van der Waals surface area contributed by atoms with Gasteiger partial charge in [-0.05, 0) is 13.0 Å². The van der Waals surface area contributed by atoms with E-state index in [4.69, 9.17) is 14.2 Å². The summed E-state index contributed by atoms with van der Waals surface area (Å²) in [7, 11) is 4.54. The molecule has 0 heterocycles. The van der Waals surface area contributed by atoms with Gasteiger partial charge >= 0.3 is 0 Å². The van der Waals surface area contributed by atoms with E-state index in [1.165, 1.54) is 21.3 Å². The minimum atomic E-state index is -0.221. The number of ether oxygens (including phenoxy) is 3. The second-order valence-corrected chi connectivity index (χ2v) is 3.27. The molecule has 0 aliphatic rings. The zero-order valence-electron chi connectivity index (χ0n) is 10.5. The zero-order valence-corrected chi connectivity index (χ0v) is 10.5. The second kappa shape index (κ2) is 5.98. The molecule has 0 fully saturated rings. The molecule has 1 aromatic carbocycles. The molecular weight excluding hydrogens is 222 g/mol. The fourth-order valence-electron chi connectivity index (χ4n) is 1.48. The Kier molecular flexibility index (Phi) is 4.63. The Morgan fingerprint density at radius 2 is 1.88 bits per heavy atom. The van der Waals surface area contributed by atoms with Crippen molar-refractivity contribution in [3.8, 4) is 17.2 Å². The molecule has 0 spiro atoms. The highest BCUT2D eigenvalue weighted by molar-refractivity contribution is 5.98. The Morgan fingerprint density at radius 3 is 2.35 bits per heavy atom. The van der Waals surface area contributed by atoms with E-state index in [1.807, 2.05) is 6.92 Å². The summed E-state index contributed by atoms with van der Waals surface area (Å²) in [6.45, 7) is 2.39. The highest BCUT2D eigenvalue weighted by atomic mass is 16.5. The van der Waals surface area contributed by atoms with Crippen molar-refractivity contribution in [2.75, 3.05) is 27.9 Å². The summed E-state index contributed by atoms with van der Waals surface area (Å²) >= 11 is 0. The molecule has 0 radical (unpaired) electrons. The molecule has 1 rings (SSSR count). The Hall–Kier alpha value is -1.91. The molecule has 1 amide bonds. The zero-order chi connectivity index (χ0) is 12.8. The highest BCUT2D eigenvalue weighted by Crippen LogP contribution is 2.35.